The van der Waals surface area contributed by atoms with Crippen LogP contribution in [0.25, 0.3) is 0 Å². The molecule has 1 saturated heterocycles. The van der Waals surface area contributed by atoms with Gasteiger partial charge in [0.25, 0.3) is 0 Å². The average molecular weight is 186 g/mol. The molecule has 0 radical (unpaired) electrons. The standard InChI is InChI=1S/C9H14O4/c1-6(2)4-9(8(11)12-3)5-7(10)13-9/h6H,4-5H2,1-3H3/t9-/m0/s1. The molecule has 13 heavy (non-hydrogen) atoms. The van der Waals surface area contributed by atoms with Gasteiger partial charge in [0, 0.05) is 6.42 Å². The molecule has 0 aromatic heterocycles. The molecule has 0 bridgehead atoms. The monoisotopic (exact) mass is 186 g/mol. The van der Waals surface area contributed by atoms with E-state index in [0.717, 1.165) is 0 Å². The largest absolute Gasteiger partial charge is 0.466 e. The first-order chi connectivity index (χ1) is 6.00. The first-order valence-electron chi connectivity index (χ1n) is 4.30. The molecule has 0 saturated carbocycles. The van der Waals surface area contributed by atoms with E-state index in [-0.39, 0.29) is 12.4 Å². The van der Waals surface area contributed by atoms with Gasteiger partial charge in [-0.2, -0.15) is 0 Å². The highest BCUT2D eigenvalue weighted by atomic mass is 16.6. The van der Waals surface area contributed by atoms with Crippen molar-refractivity contribution in [2.45, 2.75) is 32.3 Å². The van der Waals surface area contributed by atoms with Gasteiger partial charge in [-0.15, -0.1) is 0 Å². The third-order valence-corrected chi connectivity index (χ3v) is 2.03. The number of esters is 2. The fourth-order valence-electron chi connectivity index (χ4n) is 1.60. The van der Waals surface area contributed by atoms with Crippen LogP contribution in [0.2, 0.25) is 0 Å². The Labute approximate surface area is 77.2 Å². The summed E-state index contributed by atoms with van der Waals surface area (Å²) in [6.45, 7) is 3.94. The molecule has 4 nitrogen and oxygen atoms in total. The second-order valence-electron chi connectivity index (χ2n) is 3.73. The summed E-state index contributed by atoms with van der Waals surface area (Å²) in [5.74, 6) is -0.473. The summed E-state index contributed by atoms with van der Waals surface area (Å²) in [4.78, 5) is 22.0. The molecular formula is C9H14O4. The van der Waals surface area contributed by atoms with Crippen molar-refractivity contribution in [3.8, 4) is 0 Å². The highest BCUT2D eigenvalue weighted by molar-refractivity contribution is 5.93. The van der Waals surface area contributed by atoms with E-state index in [2.05, 4.69) is 4.74 Å². The highest BCUT2D eigenvalue weighted by Gasteiger charge is 2.53. The second kappa shape index (κ2) is 3.36. The van der Waals surface area contributed by atoms with Crippen LogP contribution in [-0.2, 0) is 19.1 Å². The Morgan fingerprint density at radius 1 is 1.69 bits per heavy atom. The van der Waals surface area contributed by atoms with Gasteiger partial charge in [0.1, 0.15) is 0 Å². The maximum atomic E-state index is 11.3. The van der Waals surface area contributed by atoms with E-state index in [1.807, 2.05) is 13.8 Å². The number of carbonyl (C=O) groups excluding carboxylic acids is 2. The summed E-state index contributed by atoms with van der Waals surface area (Å²) >= 11 is 0. The first kappa shape index (κ1) is 10.0. The minimum Gasteiger partial charge on any atom is -0.466 e. The smallest absolute Gasteiger partial charge is 0.350 e. The van der Waals surface area contributed by atoms with E-state index in [1.165, 1.54) is 7.11 Å². The lowest BCUT2D eigenvalue weighted by Gasteiger charge is -2.38. The summed E-state index contributed by atoms with van der Waals surface area (Å²) in [5, 5.41) is 0. The Morgan fingerprint density at radius 3 is 2.54 bits per heavy atom. The van der Waals surface area contributed by atoms with Crippen LogP contribution >= 0.6 is 0 Å². The van der Waals surface area contributed by atoms with Crippen LogP contribution < -0.4 is 0 Å². The van der Waals surface area contributed by atoms with Crippen LogP contribution in [0.3, 0.4) is 0 Å². The lowest BCUT2D eigenvalue weighted by atomic mass is 9.85. The molecular weight excluding hydrogens is 172 g/mol. The molecule has 0 aliphatic carbocycles. The van der Waals surface area contributed by atoms with Gasteiger partial charge in [-0.3, -0.25) is 4.79 Å². The van der Waals surface area contributed by atoms with E-state index < -0.39 is 11.6 Å². The van der Waals surface area contributed by atoms with Gasteiger partial charge in [0.15, 0.2) is 0 Å². The molecule has 4 heteroatoms. The summed E-state index contributed by atoms with van der Waals surface area (Å²) in [7, 11) is 1.30. The van der Waals surface area contributed by atoms with Crippen LogP contribution in [0, 0.1) is 5.92 Å². The Hall–Kier alpha value is -1.06. The number of ether oxygens (including phenoxy) is 2. The molecule has 0 amide bonds. The highest BCUT2D eigenvalue weighted by Crippen LogP contribution is 2.35. The molecule has 0 unspecified atom stereocenters. The van der Waals surface area contributed by atoms with E-state index >= 15 is 0 Å². The maximum absolute atomic E-state index is 11.3. The number of rotatable bonds is 3. The number of carbonyl (C=O) groups is 2. The van der Waals surface area contributed by atoms with Crippen molar-refractivity contribution in [1.29, 1.82) is 0 Å². The SMILES string of the molecule is COC(=O)[C@]1(CC(C)C)CC(=O)O1. The van der Waals surface area contributed by atoms with Crippen LogP contribution in [0.5, 0.6) is 0 Å². The Balaban J connectivity index is 2.66. The number of hydrogen-bond acceptors (Lipinski definition) is 4. The van der Waals surface area contributed by atoms with Gasteiger partial charge < -0.3 is 9.47 Å². The third-order valence-electron chi connectivity index (χ3n) is 2.03. The van der Waals surface area contributed by atoms with Gasteiger partial charge in [-0.1, -0.05) is 13.8 Å². The minimum atomic E-state index is -0.986. The molecule has 0 N–H and O–H groups in total. The lowest BCUT2D eigenvalue weighted by molar-refractivity contribution is -0.208. The van der Waals surface area contributed by atoms with Crippen molar-refractivity contribution in [2.24, 2.45) is 5.92 Å². The normalized spacial score (nSPS) is 26.6. The molecule has 1 atom stereocenters. The van der Waals surface area contributed by atoms with E-state index in [9.17, 15) is 9.59 Å². The van der Waals surface area contributed by atoms with Gasteiger partial charge >= 0.3 is 11.9 Å². The molecule has 74 valence electrons. The molecule has 0 spiro atoms. The number of methoxy groups -OCH3 is 1. The predicted molar refractivity (Wildman–Crippen MR) is 44.9 cm³/mol. The fraction of sp³-hybridized carbons (Fsp3) is 0.778. The van der Waals surface area contributed by atoms with Crippen molar-refractivity contribution in [2.75, 3.05) is 7.11 Å². The Bertz CT molecular complexity index is 224. The van der Waals surface area contributed by atoms with E-state index in [1.54, 1.807) is 0 Å². The summed E-state index contributed by atoms with van der Waals surface area (Å²) in [6, 6.07) is 0. The molecule has 1 fully saturated rings. The van der Waals surface area contributed by atoms with Crippen LogP contribution in [-0.4, -0.2) is 24.6 Å². The quantitative estimate of drug-likeness (QED) is 0.614. The predicted octanol–water partition coefficient (Wildman–Crippen LogP) is 0.891. The van der Waals surface area contributed by atoms with Crippen molar-refractivity contribution in [3.05, 3.63) is 0 Å². The maximum Gasteiger partial charge on any atom is 0.350 e. The number of cyclic esters (lactones) is 1. The molecule has 1 aliphatic rings. The minimum absolute atomic E-state index is 0.151. The van der Waals surface area contributed by atoms with Crippen LogP contribution in [0.1, 0.15) is 26.7 Å². The summed E-state index contributed by atoms with van der Waals surface area (Å²) in [5.41, 5.74) is -0.986. The van der Waals surface area contributed by atoms with E-state index in [4.69, 9.17) is 4.74 Å². The lowest BCUT2D eigenvalue weighted by Crippen LogP contribution is -2.55. The van der Waals surface area contributed by atoms with E-state index in [0.29, 0.717) is 12.3 Å². The molecule has 1 rings (SSSR count). The van der Waals surface area contributed by atoms with Crippen LogP contribution in [0.15, 0.2) is 0 Å². The zero-order valence-electron chi connectivity index (χ0n) is 8.12. The zero-order chi connectivity index (χ0) is 10.1. The molecule has 1 aliphatic heterocycles. The second-order valence-corrected chi connectivity index (χ2v) is 3.73. The van der Waals surface area contributed by atoms with Gasteiger partial charge in [0.05, 0.1) is 13.5 Å². The van der Waals surface area contributed by atoms with Crippen molar-refractivity contribution < 1.29 is 19.1 Å². The Kier molecular flexibility index (Phi) is 2.59. The van der Waals surface area contributed by atoms with Gasteiger partial charge in [-0.05, 0) is 5.92 Å². The average Bonchev–Trinajstić information content (AvgIpc) is 1.98. The van der Waals surface area contributed by atoms with Crippen LogP contribution in [0.4, 0.5) is 0 Å². The topological polar surface area (TPSA) is 52.6 Å². The van der Waals surface area contributed by atoms with Crippen molar-refractivity contribution in [1.82, 2.24) is 0 Å². The fourth-order valence-corrected chi connectivity index (χ4v) is 1.60. The Morgan fingerprint density at radius 2 is 2.23 bits per heavy atom. The summed E-state index contributed by atoms with van der Waals surface area (Å²) < 4.78 is 9.47. The molecule has 0 aromatic rings. The molecule has 1 heterocycles. The zero-order valence-corrected chi connectivity index (χ0v) is 8.12. The summed E-state index contributed by atoms with van der Waals surface area (Å²) in [6.07, 6.45) is 0.684. The van der Waals surface area contributed by atoms with Crippen molar-refractivity contribution >= 4 is 11.9 Å². The molecule has 0 aromatic carbocycles. The van der Waals surface area contributed by atoms with Gasteiger partial charge in [-0.25, -0.2) is 4.79 Å². The van der Waals surface area contributed by atoms with Gasteiger partial charge in [0.2, 0.25) is 5.60 Å². The number of hydrogen-bond donors (Lipinski definition) is 0. The first-order valence-corrected chi connectivity index (χ1v) is 4.30. The van der Waals surface area contributed by atoms with Crippen molar-refractivity contribution in [3.63, 3.8) is 0 Å². The third kappa shape index (κ3) is 1.82.